The largest absolute Gasteiger partial charge is 0.509 e. The van der Waals surface area contributed by atoms with Crippen LogP contribution < -0.4 is 0 Å². The maximum Gasteiger partial charge on any atom is 0.509 e. The summed E-state index contributed by atoms with van der Waals surface area (Å²) >= 11 is 0. The number of hydrogen-bond acceptors (Lipinski definition) is 13. The average Bonchev–Trinajstić information content (AvgIpc) is 3.25. The van der Waals surface area contributed by atoms with Gasteiger partial charge in [0.15, 0.2) is 6.61 Å². The van der Waals surface area contributed by atoms with Crippen molar-refractivity contribution in [1.29, 1.82) is 0 Å². The van der Waals surface area contributed by atoms with Crippen LogP contribution in [-0.4, -0.2) is 77.1 Å². The number of carbonyl (C=O) groups is 8. The predicted octanol–water partition coefficient (Wildman–Crippen LogP) is -0.442. The van der Waals surface area contributed by atoms with Crippen molar-refractivity contribution in [2.24, 2.45) is 5.92 Å². The second-order valence-electron chi connectivity index (χ2n) is 7.29. The van der Waals surface area contributed by atoms with Crippen molar-refractivity contribution in [1.82, 2.24) is 10.1 Å². The van der Waals surface area contributed by atoms with Gasteiger partial charge < -0.3 is 23.9 Å². The monoisotopic (exact) mass is 488 g/mol. The SMILES string of the molecule is CC(CC(=O)ON1C(=O)CCC1=O)OC(=O)OCC(=O)OCC(C)C(=O)ON1C(=O)CCC1=O.[HH]. The highest BCUT2D eigenvalue weighted by Gasteiger charge is 2.35. The van der Waals surface area contributed by atoms with E-state index in [2.05, 4.69) is 14.4 Å². The molecule has 2 aliphatic rings. The van der Waals surface area contributed by atoms with Gasteiger partial charge in [-0.2, -0.15) is 0 Å². The smallest absolute Gasteiger partial charge is 0.462 e. The first-order valence-corrected chi connectivity index (χ1v) is 10.1. The van der Waals surface area contributed by atoms with Crippen LogP contribution in [0.15, 0.2) is 0 Å². The van der Waals surface area contributed by atoms with Gasteiger partial charge in [0.25, 0.3) is 23.6 Å². The molecule has 4 amide bonds. The van der Waals surface area contributed by atoms with Crippen LogP contribution >= 0.6 is 0 Å². The van der Waals surface area contributed by atoms with Crippen LogP contribution in [0.25, 0.3) is 0 Å². The van der Waals surface area contributed by atoms with E-state index in [1.54, 1.807) is 0 Å². The molecule has 0 spiro atoms. The summed E-state index contributed by atoms with van der Waals surface area (Å²) in [5.41, 5.74) is 0. The highest BCUT2D eigenvalue weighted by atomic mass is 16.7. The van der Waals surface area contributed by atoms with Crippen molar-refractivity contribution in [3.63, 3.8) is 0 Å². The van der Waals surface area contributed by atoms with E-state index in [9.17, 15) is 38.4 Å². The summed E-state index contributed by atoms with van der Waals surface area (Å²) < 4.78 is 14.0. The molecule has 0 aromatic rings. The molecule has 188 valence electrons. The molecule has 0 bridgehead atoms. The lowest BCUT2D eigenvalue weighted by Crippen LogP contribution is -2.35. The number of esters is 1. The van der Waals surface area contributed by atoms with E-state index in [4.69, 9.17) is 9.47 Å². The first-order valence-electron chi connectivity index (χ1n) is 10.1. The Balaban J connectivity index is 0.00000612. The maximum absolute atomic E-state index is 11.9. The topological polar surface area (TPSA) is 189 Å². The van der Waals surface area contributed by atoms with E-state index in [0.29, 0.717) is 10.1 Å². The van der Waals surface area contributed by atoms with E-state index in [0.717, 1.165) is 0 Å². The van der Waals surface area contributed by atoms with Crippen LogP contribution in [0.5, 0.6) is 0 Å². The van der Waals surface area contributed by atoms with Crippen LogP contribution in [-0.2, 0) is 57.4 Å². The van der Waals surface area contributed by atoms with Gasteiger partial charge in [-0.3, -0.25) is 19.2 Å². The van der Waals surface area contributed by atoms with Gasteiger partial charge in [0.1, 0.15) is 12.7 Å². The van der Waals surface area contributed by atoms with Gasteiger partial charge in [0.05, 0.1) is 12.3 Å². The van der Waals surface area contributed by atoms with Crippen LogP contribution in [0, 0.1) is 5.92 Å². The number of hydrogen-bond donors (Lipinski definition) is 0. The molecule has 2 atom stereocenters. The summed E-state index contributed by atoms with van der Waals surface area (Å²) in [4.78, 5) is 102. The Bertz CT molecular complexity index is 873. The Hall–Kier alpha value is -4.04. The fourth-order valence-electron chi connectivity index (χ4n) is 2.55. The summed E-state index contributed by atoms with van der Waals surface area (Å²) in [6.07, 6.45) is -3.17. The van der Waals surface area contributed by atoms with Crippen molar-refractivity contribution in [3.05, 3.63) is 0 Å². The number of carbonyl (C=O) groups excluding carboxylic acids is 8. The van der Waals surface area contributed by atoms with Gasteiger partial charge in [0, 0.05) is 27.1 Å². The highest BCUT2D eigenvalue weighted by molar-refractivity contribution is 6.02. The molecule has 0 aromatic carbocycles. The van der Waals surface area contributed by atoms with Crippen LogP contribution in [0.2, 0.25) is 0 Å². The Morgan fingerprint density at radius 1 is 0.794 bits per heavy atom. The Labute approximate surface area is 193 Å². The molecule has 0 aliphatic carbocycles. The molecule has 2 rings (SSSR count). The molecule has 0 saturated carbocycles. The van der Waals surface area contributed by atoms with Crippen LogP contribution in [0.1, 0.15) is 47.4 Å². The molecule has 0 aromatic heterocycles. The molecule has 2 fully saturated rings. The molecule has 15 nitrogen and oxygen atoms in total. The molecular formula is C19H24N2O13. The molecule has 0 radical (unpaired) electrons. The maximum atomic E-state index is 11.9. The number of amides is 4. The fraction of sp³-hybridized carbons (Fsp3) is 0.579. The minimum Gasteiger partial charge on any atom is -0.462 e. The Morgan fingerprint density at radius 2 is 1.29 bits per heavy atom. The molecule has 34 heavy (non-hydrogen) atoms. The lowest BCUT2D eigenvalue weighted by molar-refractivity contribution is -0.201. The first kappa shape index (κ1) is 26.2. The van der Waals surface area contributed by atoms with Gasteiger partial charge in [-0.05, 0) is 13.8 Å². The van der Waals surface area contributed by atoms with E-state index in [-0.39, 0.29) is 27.1 Å². The van der Waals surface area contributed by atoms with Gasteiger partial charge in [-0.25, -0.2) is 19.2 Å². The van der Waals surface area contributed by atoms with E-state index in [1.165, 1.54) is 13.8 Å². The normalized spacial score (nSPS) is 17.4. The fourth-order valence-corrected chi connectivity index (χ4v) is 2.55. The predicted molar refractivity (Wildman–Crippen MR) is 103 cm³/mol. The van der Waals surface area contributed by atoms with Gasteiger partial charge >= 0.3 is 24.1 Å². The summed E-state index contributed by atoms with van der Waals surface area (Å²) in [5.74, 6) is -6.68. The minimum atomic E-state index is -1.32. The summed E-state index contributed by atoms with van der Waals surface area (Å²) in [5, 5.41) is 0.707. The van der Waals surface area contributed by atoms with Crippen molar-refractivity contribution in [3.8, 4) is 0 Å². The third kappa shape index (κ3) is 7.53. The zero-order valence-electron chi connectivity index (χ0n) is 18.3. The van der Waals surface area contributed by atoms with Crippen molar-refractivity contribution >= 4 is 47.7 Å². The zero-order valence-corrected chi connectivity index (χ0v) is 18.3. The third-order valence-corrected chi connectivity index (χ3v) is 4.34. The summed E-state index contributed by atoms with van der Waals surface area (Å²) in [6.45, 7) is 1.26. The second kappa shape index (κ2) is 11.7. The van der Waals surface area contributed by atoms with Crippen LogP contribution in [0.3, 0.4) is 0 Å². The second-order valence-corrected chi connectivity index (χ2v) is 7.29. The Kier molecular flexibility index (Phi) is 9.03. The number of rotatable bonds is 10. The number of nitrogens with zero attached hydrogens (tertiary/aromatic N) is 2. The van der Waals surface area contributed by atoms with E-state index < -0.39 is 79.3 Å². The van der Waals surface area contributed by atoms with E-state index in [1.807, 2.05) is 0 Å². The standard InChI is InChI=1S/C19H22N2O13.H2/c1-10(18(28)34-21-14(24)5-6-15(21)25)8-30-17(27)9-31-19(29)32-11(2)7-16(26)33-20-12(22)3-4-13(20)23;/h10-11H,3-9H2,1-2H3;1H. The molecular weight excluding hydrogens is 464 g/mol. The van der Waals surface area contributed by atoms with Gasteiger partial charge in [0.2, 0.25) is 0 Å². The lowest BCUT2D eigenvalue weighted by atomic mass is 10.2. The average molecular weight is 488 g/mol. The molecule has 2 heterocycles. The molecule has 2 saturated heterocycles. The first-order chi connectivity index (χ1) is 16.0. The zero-order chi connectivity index (χ0) is 25.4. The third-order valence-electron chi connectivity index (χ3n) is 4.34. The molecule has 0 N–H and O–H groups in total. The number of hydroxylamine groups is 4. The minimum absolute atomic E-state index is 0. The highest BCUT2D eigenvalue weighted by Crippen LogP contribution is 2.15. The molecule has 2 unspecified atom stereocenters. The quantitative estimate of drug-likeness (QED) is 0.284. The van der Waals surface area contributed by atoms with Crippen LogP contribution in [0.4, 0.5) is 4.79 Å². The van der Waals surface area contributed by atoms with Gasteiger partial charge in [-0.15, -0.1) is 10.1 Å². The van der Waals surface area contributed by atoms with Gasteiger partial charge in [-0.1, -0.05) is 0 Å². The summed E-state index contributed by atoms with van der Waals surface area (Å²) in [7, 11) is 0. The number of imide groups is 2. The molecule has 2 aliphatic heterocycles. The Morgan fingerprint density at radius 3 is 1.82 bits per heavy atom. The van der Waals surface area contributed by atoms with Crippen molar-refractivity contribution in [2.45, 2.75) is 52.1 Å². The summed E-state index contributed by atoms with van der Waals surface area (Å²) in [6, 6.07) is 0. The lowest BCUT2D eigenvalue weighted by Gasteiger charge is -2.16. The van der Waals surface area contributed by atoms with Crippen molar-refractivity contribution in [2.75, 3.05) is 13.2 Å². The number of ether oxygens (including phenoxy) is 3. The van der Waals surface area contributed by atoms with E-state index >= 15 is 0 Å². The molecule has 15 heteroatoms. The van der Waals surface area contributed by atoms with Crippen molar-refractivity contribution < 1.29 is 63.7 Å².